The van der Waals surface area contributed by atoms with Gasteiger partial charge in [-0.15, -0.1) is 21.5 Å². The van der Waals surface area contributed by atoms with Gasteiger partial charge in [-0.1, -0.05) is 29.5 Å². The Labute approximate surface area is 174 Å². The van der Waals surface area contributed by atoms with Crippen molar-refractivity contribution in [2.24, 2.45) is 0 Å². The molecule has 0 spiro atoms. The number of carbonyl (C=O) groups excluding carboxylic acids is 1. The minimum atomic E-state index is -3.66. The number of esters is 1. The third kappa shape index (κ3) is 3.52. The summed E-state index contributed by atoms with van der Waals surface area (Å²) in [6.45, 7) is 1.98. The van der Waals surface area contributed by atoms with Crippen LogP contribution in [0.1, 0.15) is 16.7 Å². The Morgan fingerprint density at radius 3 is 2.79 bits per heavy atom. The first kappa shape index (κ1) is 19.6. The van der Waals surface area contributed by atoms with Gasteiger partial charge in [-0.05, 0) is 30.5 Å². The van der Waals surface area contributed by atoms with Crippen molar-refractivity contribution < 1.29 is 17.9 Å². The van der Waals surface area contributed by atoms with E-state index in [0.29, 0.717) is 21.9 Å². The van der Waals surface area contributed by atoms with Gasteiger partial charge in [-0.3, -0.25) is 4.31 Å². The molecule has 8 nitrogen and oxygen atoms in total. The molecule has 1 aromatic carbocycles. The monoisotopic (exact) mass is 448 g/mol. The second-order valence-electron chi connectivity index (χ2n) is 5.96. The zero-order chi connectivity index (χ0) is 20.6. The van der Waals surface area contributed by atoms with Crippen LogP contribution in [0.3, 0.4) is 0 Å². The maximum Gasteiger partial charge on any atom is 0.369 e. The highest BCUT2D eigenvalue weighted by atomic mass is 32.2. The van der Waals surface area contributed by atoms with Crippen LogP contribution in [-0.4, -0.2) is 43.2 Å². The standard InChI is InChI=1S/C18H16N4O4S3/c1-3-26-18(23)17-21-20-16(28-17)12-10-11-6-4-7-13(15(11)19-12)22(2)29(24,25)14-8-5-9-27-14/h4-10,19H,3H2,1-2H3. The number of nitrogens with zero attached hydrogens (tertiary/aromatic N) is 3. The van der Waals surface area contributed by atoms with Crippen molar-refractivity contribution in [3.8, 4) is 10.7 Å². The molecule has 11 heteroatoms. The zero-order valence-electron chi connectivity index (χ0n) is 15.4. The van der Waals surface area contributed by atoms with Gasteiger partial charge < -0.3 is 9.72 Å². The van der Waals surface area contributed by atoms with Gasteiger partial charge in [0.15, 0.2) is 5.01 Å². The summed E-state index contributed by atoms with van der Waals surface area (Å²) in [5, 5.41) is 11.2. The third-order valence-corrected chi connectivity index (χ3v) is 8.27. The number of para-hydroxylation sites is 1. The Morgan fingerprint density at radius 1 is 1.24 bits per heavy atom. The van der Waals surface area contributed by atoms with Crippen molar-refractivity contribution in [1.29, 1.82) is 0 Å². The van der Waals surface area contributed by atoms with Gasteiger partial charge in [0.05, 0.1) is 23.5 Å². The van der Waals surface area contributed by atoms with Crippen LogP contribution < -0.4 is 4.31 Å². The van der Waals surface area contributed by atoms with Crippen LogP contribution in [0, 0.1) is 0 Å². The summed E-state index contributed by atoms with van der Waals surface area (Å²) in [7, 11) is -2.14. The first-order chi connectivity index (χ1) is 13.9. The number of ether oxygens (including phenoxy) is 1. The van der Waals surface area contributed by atoms with Gasteiger partial charge in [0.2, 0.25) is 5.01 Å². The van der Waals surface area contributed by atoms with E-state index in [4.69, 9.17) is 4.74 Å². The number of aromatic nitrogens is 3. The number of benzene rings is 1. The number of rotatable bonds is 6. The topological polar surface area (TPSA) is 105 Å². The predicted octanol–water partition coefficient (Wildman–Crippen LogP) is 3.75. The number of fused-ring (bicyclic) bond motifs is 1. The van der Waals surface area contributed by atoms with E-state index in [1.807, 2.05) is 12.1 Å². The second kappa shape index (κ2) is 7.58. The van der Waals surface area contributed by atoms with E-state index in [-0.39, 0.29) is 15.8 Å². The number of nitrogens with one attached hydrogen (secondary N) is 1. The number of H-pyrrole nitrogens is 1. The van der Waals surface area contributed by atoms with Gasteiger partial charge in [-0.2, -0.15) is 0 Å². The van der Waals surface area contributed by atoms with Crippen LogP contribution in [0.4, 0.5) is 5.69 Å². The lowest BCUT2D eigenvalue weighted by Gasteiger charge is -2.19. The largest absolute Gasteiger partial charge is 0.461 e. The molecule has 0 saturated heterocycles. The molecule has 3 aromatic heterocycles. The van der Waals surface area contributed by atoms with Gasteiger partial charge in [0.25, 0.3) is 10.0 Å². The third-order valence-electron chi connectivity index (χ3n) is 4.19. The van der Waals surface area contributed by atoms with Crippen molar-refractivity contribution in [2.75, 3.05) is 18.0 Å². The SMILES string of the molecule is CCOC(=O)c1nnc(-c2cc3cccc(N(C)S(=O)(=O)c4cccs4)c3[nH]2)s1. The Balaban J connectivity index is 1.74. The van der Waals surface area contributed by atoms with E-state index >= 15 is 0 Å². The molecule has 29 heavy (non-hydrogen) atoms. The number of anilines is 1. The number of sulfonamides is 1. The van der Waals surface area contributed by atoms with E-state index < -0.39 is 16.0 Å². The van der Waals surface area contributed by atoms with Crippen LogP contribution in [0.15, 0.2) is 46.0 Å². The molecular formula is C18H16N4O4S3. The first-order valence-electron chi connectivity index (χ1n) is 8.57. The van der Waals surface area contributed by atoms with E-state index in [9.17, 15) is 13.2 Å². The highest BCUT2D eigenvalue weighted by Crippen LogP contribution is 2.34. The zero-order valence-corrected chi connectivity index (χ0v) is 17.9. The number of hydrogen-bond acceptors (Lipinski definition) is 8. The highest BCUT2D eigenvalue weighted by molar-refractivity contribution is 7.94. The molecule has 0 aliphatic heterocycles. The molecular weight excluding hydrogens is 432 g/mol. The number of hydrogen-bond donors (Lipinski definition) is 1. The molecule has 0 unspecified atom stereocenters. The van der Waals surface area contributed by atoms with Crippen LogP contribution in [0.2, 0.25) is 0 Å². The molecule has 0 aliphatic rings. The van der Waals surface area contributed by atoms with Crippen molar-refractivity contribution in [3.05, 3.63) is 46.8 Å². The molecule has 4 rings (SSSR count). The second-order valence-corrected chi connectivity index (χ2v) is 10.1. The van der Waals surface area contributed by atoms with Crippen LogP contribution in [0.25, 0.3) is 21.6 Å². The molecule has 1 N–H and O–H groups in total. The van der Waals surface area contributed by atoms with Gasteiger partial charge in [-0.25, -0.2) is 13.2 Å². The van der Waals surface area contributed by atoms with Crippen molar-refractivity contribution >= 4 is 55.3 Å². The highest BCUT2D eigenvalue weighted by Gasteiger charge is 2.25. The minimum Gasteiger partial charge on any atom is -0.461 e. The fraction of sp³-hybridized carbons (Fsp3) is 0.167. The molecule has 4 aromatic rings. The lowest BCUT2D eigenvalue weighted by molar-refractivity contribution is 0.0525. The van der Waals surface area contributed by atoms with Gasteiger partial charge in [0, 0.05) is 12.4 Å². The molecule has 0 aliphatic carbocycles. The summed E-state index contributed by atoms with van der Waals surface area (Å²) in [4.78, 5) is 15.0. The number of carbonyl (C=O) groups is 1. The average Bonchev–Trinajstić information content (AvgIpc) is 3.47. The Morgan fingerprint density at radius 2 is 2.07 bits per heavy atom. The van der Waals surface area contributed by atoms with E-state index in [1.165, 1.54) is 22.7 Å². The lowest BCUT2D eigenvalue weighted by Crippen LogP contribution is -2.26. The van der Waals surface area contributed by atoms with E-state index in [1.54, 1.807) is 36.6 Å². The first-order valence-corrected chi connectivity index (χ1v) is 11.7. The summed E-state index contributed by atoms with van der Waals surface area (Å²) in [6.07, 6.45) is 0. The molecule has 150 valence electrons. The van der Waals surface area contributed by atoms with Crippen molar-refractivity contribution in [3.63, 3.8) is 0 Å². The number of aromatic amines is 1. The summed E-state index contributed by atoms with van der Waals surface area (Å²) in [6, 6.07) is 10.5. The molecule has 3 heterocycles. The van der Waals surface area contributed by atoms with Gasteiger partial charge >= 0.3 is 5.97 Å². The Kier molecular flexibility index (Phi) is 5.11. The van der Waals surface area contributed by atoms with Gasteiger partial charge in [0.1, 0.15) is 4.21 Å². The summed E-state index contributed by atoms with van der Waals surface area (Å²) in [5.41, 5.74) is 1.80. The Bertz CT molecular complexity index is 1280. The summed E-state index contributed by atoms with van der Waals surface area (Å²) in [5.74, 6) is -0.519. The molecule has 0 fully saturated rings. The smallest absolute Gasteiger partial charge is 0.369 e. The molecule has 0 saturated carbocycles. The van der Waals surface area contributed by atoms with Crippen LogP contribution in [-0.2, 0) is 14.8 Å². The predicted molar refractivity (Wildman–Crippen MR) is 113 cm³/mol. The number of thiophene rings is 1. The maximum atomic E-state index is 12.9. The maximum absolute atomic E-state index is 12.9. The van der Waals surface area contributed by atoms with Crippen molar-refractivity contribution in [2.45, 2.75) is 11.1 Å². The molecule has 0 bridgehead atoms. The molecule has 0 atom stereocenters. The fourth-order valence-electron chi connectivity index (χ4n) is 2.80. The minimum absolute atomic E-state index is 0.165. The van der Waals surface area contributed by atoms with Crippen LogP contribution >= 0.6 is 22.7 Å². The fourth-order valence-corrected chi connectivity index (χ4v) is 5.88. The summed E-state index contributed by atoms with van der Waals surface area (Å²) < 4.78 is 32.3. The van der Waals surface area contributed by atoms with E-state index in [0.717, 1.165) is 16.7 Å². The summed E-state index contributed by atoms with van der Waals surface area (Å²) >= 11 is 2.28. The lowest BCUT2D eigenvalue weighted by atomic mass is 10.2. The van der Waals surface area contributed by atoms with E-state index in [2.05, 4.69) is 15.2 Å². The van der Waals surface area contributed by atoms with Crippen LogP contribution in [0.5, 0.6) is 0 Å². The Hall–Kier alpha value is -2.76. The molecule has 0 amide bonds. The molecule has 0 radical (unpaired) electrons. The quantitative estimate of drug-likeness (QED) is 0.451. The van der Waals surface area contributed by atoms with Crippen molar-refractivity contribution in [1.82, 2.24) is 15.2 Å². The normalized spacial score (nSPS) is 11.7. The average molecular weight is 449 g/mol.